The third-order valence-electron chi connectivity index (χ3n) is 5.54. The van der Waals surface area contributed by atoms with E-state index in [-0.39, 0.29) is 41.9 Å². The number of carboxylic acid groups (broad SMARTS) is 1. The predicted octanol–water partition coefficient (Wildman–Crippen LogP) is 1.15. The van der Waals surface area contributed by atoms with E-state index in [1.807, 2.05) is 51.1 Å². The number of carboxylic acids is 1. The molecule has 0 N–H and O–H groups in total. The molecule has 0 aromatic heterocycles. The van der Waals surface area contributed by atoms with Crippen LogP contribution in [-0.4, -0.2) is 33.2 Å². The van der Waals surface area contributed by atoms with Crippen LogP contribution >= 0.6 is 0 Å². The van der Waals surface area contributed by atoms with Gasteiger partial charge in [-0.15, -0.1) is 0 Å². The number of rotatable bonds is 12. The van der Waals surface area contributed by atoms with Gasteiger partial charge in [-0.05, 0) is 84.5 Å². The van der Waals surface area contributed by atoms with Crippen LogP contribution in [0.2, 0.25) is 0 Å². The number of carbonyl (C=O) groups excluding carboxylic acids is 1. The summed E-state index contributed by atoms with van der Waals surface area (Å²) in [6.45, 7) is 6.52. The summed E-state index contributed by atoms with van der Waals surface area (Å²) in [5.74, 6) is -0.335. The average Bonchev–Trinajstić information content (AvgIpc) is 2.81. The molecule has 1 atom stereocenters. The number of carbonyl (C=O) groups is 1. The molecule has 3 aromatic rings. The fourth-order valence-corrected chi connectivity index (χ4v) is 4.38. The van der Waals surface area contributed by atoms with Crippen molar-refractivity contribution in [2.75, 3.05) is 18.8 Å². The van der Waals surface area contributed by atoms with E-state index in [0.29, 0.717) is 24.7 Å². The van der Waals surface area contributed by atoms with E-state index >= 15 is 0 Å². The van der Waals surface area contributed by atoms with Gasteiger partial charge >= 0.3 is 29.6 Å². The molecule has 0 amide bonds. The first-order valence-corrected chi connectivity index (χ1v) is 13.7. The smallest absolute Gasteiger partial charge is 0.550 e. The van der Waals surface area contributed by atoms with Crippen molar-refractivity contribution in [2.45, 2.75) is 39.9 Å². The molecular formula is C28H31NaO7S. The van der Waals surface area contributed by atoms with Gasteiger partial charge in [0.15, 0.2) is 15.8 Å². The Morgan fingerprint density at radius 1 is 0.946 bits per heavy atom. The van der Waals surface area contributed by atoms with Gasteiger partial charge in [0.2, 0.25) is 0 Å². The first-order chi connectivity index (χ1) is 17.1. The predicted molar refractivity (Wildman–Crippen MR) is 136 cm³/mol. The van der Waals surface area contributed by atoms with E-state index in [1.165, 1.54) is 0 Å². The van der Waals surface area contributed by atoms with E-state index in [0.717, 1.165) is 39.6 Å². The summed E-state index contributed by atoms with van der Waals surface area (Å²) in [4.78, 5) is 11.0. The second-order valence-corrected chi connectivity index (χ2v) is 10.8. The van der Waals surface area contributed by atoms with Crippen molar-refractivity contribution in [3.05, 3.63) is 82.9 Å². The van der Waals surface area contributed by atoms with Crippen LogP contribution in [0.5, 0.6) is 11.5 Å². The average molecular weight is 535 g/mol. The fourth-order valence-electron chi connectivity index (χ4n) is 4.03. The molecule has 0 aliphatic heterocycles. The molecule has 0 radical (unpaired) electrons. The zero-order valence-corrected chi connectivity index (χ0v) is 24.8. The Kier molecular flexibility index (Phi) is 11.7. The molecular weight excluding hydrogens is 503 g/mol. The molecule has 9 heteroatoms. The summed E-state index contributed by atoms with van der Waals surface area (Å²) >= 11 is 0. The van der Waals surface area contributed by atoms with Crippen molar-refractivity contribution in [3.8, 4) is 22.6 Å². The largest absolute Gasteiger partial charge is 1.00 e. The normalized spacial score (nSPS) is 11.9. The van der Waals surface area contributed by atoms with E-state index in [1.54, 1.807) is 24.3 Å². The van der Waals surface area contributed by atoms with E-state index in [4.69, 9.17) is 14.2 Å². The number of ether oxygens (including phenoxy) is 3. The quantitative estimate of drug-likeness (QED) is 0.321. The molecule has 3 rings (SSSR count). The molecule has 37 heavy (non-hydrogen) atoms. The maximum Gasteiger partial charge on any atom is 1.00 e. The molecule has 0 heterocycles. The van der Waals surface area contributed by atoms with Gasteiger partial charge in [-0.1, -0.05) is 30.3 Å². The third-order valence-corrected chi connectivity index (χ3v) is 6.08. The minimum Gasteiger partial charge on any atom is -0.550 e. The Hall–Kier alpha value is -2.36. The molecule has 0 bridgehead atoms. The van der Waals surface area contributed by atoms with Gasteiger partial charge in [-0.25, -0.2) is 8.42 Å². The standard InChI is InChI=1S/C28H32O7S.Na/c1-5-33-26(16-27(29)30)22-9-11-24(12-10-22)34-17-21-7-6-8-23(15-21)28-19(2)13-25(14-20(28)3)35-18-36(4,31)32;/h6-15,26H,5,16-18H2,1-4H3,(H,29,30);/q;+1/p-1/t26-;/m0./s1. The second-order valence-electron chi connectivity index (χ2n) is 8.70. The third kappa shape index (κ3) is 9.47. The minimum atomic E-state index is -3.23. The van der Waals surface area contributed by atoms with Crippen LogP contribution in [0.3, 0.4) is 0 Å². The SMILES string of the molecule is CCO[C@@H](CC(=O)[O-])c1ccc(OCc2cccc(-c3c(C)cc(OCS(C)(=O)=O)cc3C)c2)cc1.[Na+]. The zero-order valence-electron chi connectivity index (χ0n) is 21.9. The van der Waals surface area contributed by atoms with Gasteiger partial charge in [0.25, 0.3) is 0 Å². The Morgan fingerprint density at radius 3 is 2.16 bits per heavy atom. The molecule has 0 aliphatic carbocycles. The molecule has 0 saturated carbocycles. The van der Waals surface area contributed by atoms with Gasteiger partial charge in [0, 0.05) is 25.3 Å². The first kappa shape index (κ1) is 30.9. The van der Waals surface area contributed by atoms with Gasteiger partial charge in [-0.2, -0.15) is 0 Å². The molecule has 0 unspecified atom stereocenters. The molecule has 7 nitrogen and oxygen atoms in total. The van der Waals surface area contributed by atoms with Crippen LogP contribution < -0.4 is 44.1 Å². The summed E-state index contributed by atoms with van der Waals surface area (Å²) in [7, 11) is -3.23. The van der Waals surface area contributed by atoms with Crippen molar-refractivity contribution < 1.29 is 62.1 Å². The summed E-state index contributed by atoms with van der Waals surface area (Å²) in [6.07, 6.45) is 0.378. The van der Waals surface area contributed by atoms with Gasteiger partial charge in [0.1, 0.15) is 18.1 Å². The Labute approximate surface area is 241 Å². The number of hydrogen-bond acceptors (Lipinski definition) is 7. The van der Waals surface area contributed by atoms with Crippen LogP contribution in [0, 0.1) is 13.8 Å². The number of benzene rings is 3. The van der Waals surface area contributed by atoms with E-state index in [2.05, 4.69) is 6.07 Å². The second kappa shape index (κ2) is 14.0. The van der Waals surface area contributed by atoms with Crippen molar-refractivity contribution in [3.63, 3.8) is 0 Å². The van der Waals surface area contributed by atoms with Gasteiger partial charge in [0.05, 0.1) is 6.10 Å². The summed E-state index contributed by atoms with van der Waals surface area (Å²) in [6, 6.07) is 18.9. The van der Waals surface area contributed by atoms with Crippen molar-refractivity contribution in [2.24, 2.45) is 0 Å². The number of aryl methyl sites for hydroxylation is 2. The molecule has 0 spiro atoms. The number of sulfone groups is 1. The van der Waals surface area contributed by atoms with Gasteiger partial charge in [-0.3, -0.25) is 0 Å². The fraction of sp³-hybridized carbons (Fsp3) is 0.321. The van der Waals surface area contributed by atoms with Crippen LogP contribution in [-0.2, 0) is 26.0 Å². The monoisotopic (exact) mass is 534 g/mol. The molecule has 0 aliphatic rings. The number of aliphatic carboxylic acids is 1. The van der Waals surface area contributed by atoms with Crippen LogP contribution in [0.25, 0.3) is 11.1 Å². The minimum absolute atomic E-state index is 0. The maximum atomic E-state index is 11.4. The number of hydrogen-bond donors (Lipinski definition) is 0. The van der Waals surface area contributed by atoms with E-state index < -0.39 is 21.9 Å². The van der Waals surface area contributed by atoms with E-state index in [9.17, 15) is 18.3 Å². The van der Waals surface area contributed by atoms with Crippen molar-refractivity contribution in [1.29, 1.82) is 0 Å². The molecule has 3 aromatic carbocycles. The Morgan fingerprint density at radius 2 is 1.59 bits per heavy atom. The molecule has 192 valence electrons. The van der Waals surface area contributed by atoms with Crippen LogP contribution in [0.15, 0.2) is 60.7 Å². The Balaban J connectivity index is 0.00000481. The first-order valence-electron chi connectivity index (χ1n) is 11.6. The molecule has 0 fully saturated rings. The van der Waals surface area contributed by atoms with Crippen molar-refractivity contribution in [1.82, 2.24) is 0 Å². The summed E-state index contributed by atoms with van der Waals surface area (Å²) in [5.41, 5.74) is 5.78. The van der Waals surface area contributed by atoms with Crippen LogP contribution in [0.1, 0.15) is 41.7 Å². The summed E-state index contributed by atoms with van der Waals surface area (Å²) in [5, 5.41) is 11.0. The van der Waals surface area contributed by atoms with Gasteiger partial charge < -0.3 is 24.1 Å². The zero-order chi connectivity index (χ0) is 26.3. The van der Waals surface area contributed by atoms with Crippen LogP contribution in [0.4, 0.5) is 0 Å². The topological polar surface area (TPSA) is 102 Å². The summed E-state index contributed by atoms with van der Waals surface area (Å²) < 4.78 is 39.7. The Bertz CT molecular complexity index is 1280. The molecule has 0 saturated heterocycles. The van der Waals surface area contributed by atoms with Crippen molar-refractivity contribution >= 4 is 15.8 Å². The maximum absolute atomic E-state index is 11.4.